The number of aliphatic hydroxyl groups excluding tert-OH is 1. The Kier molecular flexibility index (Phi) is 14.4. The topological polar surface area (TPSA) is 135 Å². The van der Waals surface area contributed by atoms with Gasteiger partial charge in [0.05, 0.1) is 31.1 Å². The number of benzene rings is 3. The van der Waals surface area contributed by atoms with Crippen LogP contribution in [-0.2, 0) is 33.4 Å². The van der Waals surface area contributed by atoms with Crippen LogP contribution < -0.4 is 9.47 Å². The largest absolute Gasteiger partial charge is 0.462 e. The molecule has 2 saturated carbocycles. The Morgan fingerprint density at radius 1 is 0.722 bits per heavy atom. The number of aliphatic hydroxyl groups is 1. The van der Waals surface area contributed by atoms with Crippen LogP contribution in [0.3, 0.4) is 0 Å². The summed E-state index contributed by atoms with van der Waals surface area (Å²) in [5, 5.41) is 9.25. The molecule has 2 aliphatic carbocycles. The van der Waals surface area contributed by atoms with Crippen LogP contribution in [-0.4, -0.2) is 61.5 Å². The number of ether oxygens (including phenoxy) is 5. The second-order valence-electron chi connectivity index (χ2n) is 14.2. The van der Waals surface area contributed by atoms with Crippen molar-refractivity contribution in [1.82, 2.24) is 0 Å². The zero-order valence-electron chi connectivity index (χ0n) is 31.2. The van der Waals surface area contributed by atoms with Gasteiger partial charge >= 0.3 is 23.9 Å². The maximum absolute atomic E-state index is 12.8. The van der Waals surface area contributed by atoms with Crippen molar-refractivity contribution in [2.45, 2.75) is 89.3 Å². The molecule has 3 aromatic rings. The lowest BCUT2D eigenvalue weighted by atomic mass is 9.82. The zero-order valence-corrected chi connectivity index (χ0v) is 31.2. The van der Waals surface area contributed by atoms with Gasteiger partial charge in [0.2, 0.25) is 0 Å². The quantitative estimate of drug-likeness (QED) is 0.0927. The number of carbonyl (C=O) groups excluding carboxylic acids is 4. The van der Waals surface area contributed by atoms with Crippen molar-refractivity contribution < 1.29 is 48.0 Å². The molecule has 10 heteroatoms. The summed E-state index contributed by atoms with van der Waals surface area (Å²) in [7, 11) is 1.48. The third-order valence-corrected chi connectivity index (χ3v) is 10.0. The van der Waals surface area contributed by atoms with Crippen LogP contribution in [0, 0.1) is 5.92 Å². The molecule has 3 aromatic carbocycles. The average Bonchev–Trinajstić information content (AvgIpc) is 3.18. The minimum atomic E-state index is -0.630. The van der Waals surface area contributed by atoms with E-state index in [0.29, 0.717) is 29.9 Å². The van der Waals surface area contributed by atoms with Crippen molar-refractivity contribution >= 4 is 23.9 Å². The van der Waals surface area contributed by atoms with Crippen LogP contribution in [0.15, 0.2) is 91.0 Å². The lowest BCUT2D eigenvalue weighted by Crippen LogP contribution is -2.26. The van der Waals surface area contributed by atoms with E-state index >= 15 is 0 Å². The van der Waals surface area contributed by atoms with Crippen molar-refractivity contribution in [2.75, 3.05) is 20.3 Å². The maximum atomic E-state index is 12.8. The summed E-state index contributed by atoms with van der Waals surface area (Å²) in [5.74, 6) is -1.69. The van der Waals surface area contributed by atoms with E-state index in [9.17, 15) is 24.3 Å². The van der Waals surface area contributed by atoms with Crippen LogP contribution in [0.5, 0.6) is 11.5 Å². The number of rotatable bonds is 15. The number of carbonyl (C=O) groups is 4. The first kappa shape index (κ1) is 40.1. The standard InChI is InChI=1S/C44H50O10/c1-28(24-41(46)51-36-8-6-5-7-9-36)42(47)52-37-19-14-32(15-20-37)31-10-12-34(13-11-31)39-25-35(18-23-40(39)54-44(49)30(3)27-50-4)33-16-21-38(22-17-33)53-43(48)29(2)26-45/h10-13,16-18,21-23,25,29,32,36-37,45H,1,3,5-9,14-15,19-20,24,26-27H2,2,4H3. The molecule has 0 spiro atoms. The average molecular weight is 739 g/mol. The van der Waals surface area contributed by atoms with Crippen molar-refractivity contribution in [3.63, 3.8) is 0 Å². The second-order valence-corrected chi connectivity index (χ2v) is 14.2. The lowest BCUT2D eigenvalue weighted by molar-refractivity contribution is -0.153. The Labute approximate surface area is 317 Å². The van der Waals surface area contributed by atoms with Crippen molar-refractivity contribution in [3.05, 3.63) is 96.6 Å². The van der Waals surface area contributed by atoms with Gasteiger partial charge in [0, 0.05) is 18.2 Å². The van der Waals surface area contributed by atoms with Gasteiger partial charge in [-0.1, -0.05) is 62.0 Å². The summed E-state index contributed by atoms with van der Waals surface area (Å²) in [4.78, 5) is 50.0. The molecule has 0 aromatic heterocycles. The lowest BCUT2D eigenvalue weighted by Gasteiger charge is -2.29. The highest BCUT2D eigenvalue weighted by molar-refractivity contribution is 5.93. The van der Waals surface area contributed by atoms with Gasteiger partial charge < -0.3 is 28.8 Å². The molecule has 0 amide bonds. The SMILES string of the molecule is C=C(COC)C(=O)Oc1ccc(-c2ccc(OC(=O)C(C)CO)cc2)cc1-c1ccc(C2CCC(OC(=O)C(=C)CC(=O)OC3CCCCC3)CC2)cc1. The molecule has 54 heavy (non-hydrogen) atoms. The number of hydrogen-bond donors (Lipinski definition) is 1. The van der Waals surface area contributed by atoms with E-state index in [2.05, 4.69) is 25.3 Å². The summed E-state index contributed by atoms with van der Waals surface area (Å²) in [6.07, 6.45) is 7.61. The molecular formula is C44H50O10. The fraction of sp³-hybridized carbons (Fsp3) is 0.409. The summed E-state index contributed by atoms with van der Waals surface area (Å²) in [6.45, 7) is 8.91. The van der Waals surface area contributed by atoms with E-state index in [1.54, 1.807) is 25.1 Å². The molecule has 0 radical (unpaired) electrons. The highest BCUT2D eigenvalue weighted by atomic mass is 16.6. The fourth-order valence-corrected chi connectivity index (χ4v) is 6.78. The first-order valence-corrected chi connectivity index (χ1v) is 18.7. The van der Waals surface area contributed by atoms with Gasteiger partial charge in [-0.05, 0) is 111 Å². The predicted octanol–water partition coefficient (Wildman–Crippen LogP) is 8.05. The Hall–Kier alpha value is -5.06. The third-order valence-electron chi connectivity index (χ3n) is 10.0. The summed E-state index contributed by atoms with van der Waals surface area (Å²) in [6, 6.07) is 20.7. The van der Waals surface area contributed by atoms with E-state index in [4.69, 9.17) is 23.7 Å². The predicted molar refractivity (Wildman–Crippen MR) is 204 cm³/mol. The highest BCUT2D eigenvalue weighted by Gasteiger charge is 2.27. The van der Waals surface area contributed by atoms with E-state index in [0.717, 1.165) is 67.2 Å². The van der Waals surface area contributed by atoms with Gasteiger partial charge in [0.25, 0.3) is 0 Å². The molecule has 1 unspecified atom stereocenters. The van der Waals surface area contributed by atoms with Crippen LogP contribution >= 0.6 is 0 Å². The Balaban J connectivity index is 1.23. The fourth-order valence-electron chi connectivity index (χ4n) is 6.78. The molecule has 1 N–H and O–H groups in total. The number of hydrogen-bond acceptors (Lipinski definition) is 10. The highest BCUT2D eigenvalue weighted by Crippen LogP contribution is 2.39. The molecule has 2 fully saturated rings. The molecule has 0 heterocycles. The first-order valence-electron chi connectivity index (χ1n) is 18.7. The summed E-state index contributed by atoms with van der Waals surface area (Å²) >= 11 is 0. The minimum absolute atomic E-state index is 0.0418. The van der Waals surface area contributed by atoms with E-state index < -0.39 is 29.8 Å². The van der Waals surface area contributed by atoms with Gasteiger partial charge in [0.15, 0.2) is 0 Å². The van der Waals surface area contributed by atoms with Crippen LogP contribution in [0.25, 0.3) is 22.3 Å². The van der Waals surface area contributed by atoms with Gasteiger partial charge in [-0.25, -0.2) is 9.59 Å². The van der Waals surface area contributed by atoms with E-state index in [-0.39, 0.29) is 48.9 Å². The normalized spacial score (nSPS) is 17.8. The molecular weight excluding hydrogens is 688 g/mol. The van der Waals surface area contributed by atoms with Gasteiger partial charge in [0.1, 0.15) is 23.7 Å². The molecule has 10 nitrogen and oxygen atoms in total. The van der Waals surface area contributed by atoms with Crippen molar-refractivity contribution in [2.24, 2.45) is 5.92 Å². The molecule has 5 rings (SSSR count). The first-order chi connectivity index (χ1) is 26.0. The van der Waals surface area contributed by atoms with Crippen molar-refractivity contribution in [1.29, 1.82) is 0 Å². The molecule has 0 saturated heterocycles. The van der Waals surface area contributed by atoms with E-state index in [1.807, 2.05) is 36.4 Å². The van der Waals surface area contributed by atoms with Gasteiger partial charge in [-0.3, -0.25) is 9.59 Å². The molecule has 286 valence electrons. The van der Waals surface area contributed by atoms with Crippen LogP contribution in [0.1, 0.15) is 82.6 Å². The minimum Gasteiger partial charge on any atom is -0.462 e. The molecule has 2 aliphatic rings. The molecule has 0 aliphatic heterocycles. The number of methoxy groups -OCH3 is 1. The Morgan fingerprint density at radius 3 is 2.00 bits per heavy atom. The summed E-state index contributed by atoms with van der Waals surface area (Å²) < 4.78 is 27.5. The smallest absolute Gasteiger partial charge is 0.341 e. The Bertz CT molecular complexity index is 1800. The van der Waals surface area contributed by atoms with Crippen LogP contribution in [0.4, 0.5) is 0 Å². The monoisotopic (exact) mass is 738 g/mol. The number of esters is 4. The van der Waals surface area contributed by atoms with E-state index in [1.165, 1.54) is 7.11 Å². The van der Waals surface area contributed by atoms with Gasteiger partial charge in [-0.15, -0.1) is 0 Å². The second kappa shape index (κ2) is 19.3. The van der Waals surface area contributed by atoms with Crippen molar-refractivity contribution in [3.8, 4) is 33.8 Å². The third kappa shape index (κ3) is 11.0. The Morgan fingerprint density at radius 2 is 1.35 bits per heavy atom. The van der Waals surface area contributed by atoms with Crippen LogP contribution in [0.2, 0.25) is 0 Å². The molecule has 1 atom stereocenters. The van der Waals surface area contributed by atoms with Gasteiger partial charge in [-0.2, -0.15) is 0 Å². The summed E-state index contributed by atoms with van der Waals surface area (Å²) in [5.41, 5.74) is 4.70. The molecule has 0 bridgehead atoms. The maximum Gasteiger partial charge on any atom is 0.341 e. The zero-order chi connectivity index (χ0) is 38.6.